The number of piperidine rings is 1. The highest BCUT2D eigenvalue weighted by Crippen LogP contribution is 2.39. The SMILES string of the molecule is O=C1C2CCCN2C(=O)C2(CCN(CCCCC3=CCCC=C3)CC2)N1CCc1c[nH]c2ccccc12. The quantitative estimate of drug-likeness (QED) is 0.529. The van der Waals surface area contributed by atoms with E-state index in [4.69, 9.17) is 0 Å². The highest BCUT2D eigenvalue weighted by molar-refractivity contribution is 6.00. The molecule has 3 aliphatic heterocycles. The lowest BCUT2D eigenvalue weighted by Crippen LogP contribution is -2.72. The maximum Gasteiger partial charge on any atom is 0.249 e. The number of rotatable bonds is 8. The average molecular weight is 501 g/mol. The van der Waals surface area contributed by atoms with Crippen molar-refractivity contribution in [3.8, 4) is 0 Å². The van der Waals surface area contributed by atoms with Gasteiger partial charge >= 0.3 is 0 Å². The van der Waals surface area contributed by atoms with Gasteiger partial charge in [-0.25, -0.2) is 0 Å². The number of hydrogen-bond acceptors (Lipinski definition) is 3. The van der Waals surface area contributed by atoms with E-state index in [1.54, 1.807) is 0 Å². The van der Waals surface area contributed by atoms with Crippen LogP contribution in [0, 0.1) is 0 Å². The minimum atomic E-state index is -0.668. The van der Waals surface area contributed by atoms with Crippen LogP contribution in [0.15, 0.2) is 54.3 Å². The molecule has 6 heteroatoms. The van der Waals surface area contributed by atoms with Crippen LogP contribution in [0.25, 0.3) is 10.9 Å². The van der Waals surface area contributed by atoms with Crippen molar-refractivity contribution in [3.63, 3.8) is 0 Å². The number of allylic oxidation sites excluding steroid dienone is 4. The monoisotopic (exact) mass is 500 g/mol. The summed E-state index contributed by atoms with van der Waals surface area (Å²) in [6.45, 7) is 4.21. The molecule has 3 fully saturated rings. The zero-order chi connectivity index (χ0) is 25.2. The number of aromatic amines is 1. The van der Waals surface area contributed by atoms with E-state index >= 15 is 0 Å². The Morgan fingerprint density at radius 1 is 0.973 bits per heavy atom. The Balaban J connectivity index is 1.12. The van der Waals surface area contributed by atoms with Gasteiger partial charge in [0.15, 0.2) is 0 Å². The van der Waals surface area contributed by atoms with Crippen molar-refractivity contribution in [1.82, 2.24) is 19.7 Å². The van der Waals surface area contributed by atoms with Crippen LogP contribution in [0.3, 0.4) is 0 Å². The Kier molecular flexibility index (Phi) is 6.94. The Bertz CT molecular complexity index is 1200. The maximum absolute atomic E-state index is 14.0. The third-order valence-electron chi connectivity index (χ3n) is 9.20. The molecule has 1 aromatic heterocycles. The molecule has 3 saturated heterocycles. The smallest absolute Gasteiger partial charge is 0.249 e. The van der Waals surface area contributed by atoms with E-state index in [1.165, 1.54) is 48.6 Å². The van der Waals surface area contributed by atoms with Crippen LogP contribution >= 0.6 is 0 Å². The first kappa shape index (κ1) is 24.5. The minimum Gasteiger partial charge on any atom is -0.361 e. The standard InChI is InChI=1S/C31H40N4O2/c36-29-28-14-8-19-34(28)30(37)31(35(29)20-15-25-23-32-27-13-5-4-12-26(25)27)16-21-33(22-17-31)18-7-6-11-24-9-2-1-3-10-24/h2,4-5,9-10,12-13,23,28,32H,1,3,6-8,11,14-22H2. The van der Waals surface area contributed by atoms with Crippen LogP contribution in [-0.2, 0) is 16.0 Å². The largest absolute Gasteiger partial charge is 0.361 e. The summed E-state index contributed by atoms with van der Waals surface area (Å²) >= 11 is 0. The maximum atomic E-state index is 14.0. The average Bonchev–Trinajstić information content (AvgIpc) is 3.59. The van der Waals surface area contributed by atoms with Gasteiger partial charge < -0.3 is 19.7 Å². The Labute approximate surface area is 220 Å². The number of H-pyrrole nitrogens is 1. The predicted molar refractivity (Wildman–Crippen MR) is 147 cm³/mol. The fraction of sp³-hybridized carbons (Fsp3) is 0.548. The van der Waals surface area contributed by atoms with Gasteiger partial charge in [0.2, 0.25) is 11.8 Å². The number of piperazine rings is 1. The molecule has 1 spiro atoms. The highest BCUT2D eigenvalue weighted by Gasteiger charge is 2.57. The second kappa shape index (κ2) is 10.5. The van der Waals surface area contributed by atoms with E-state index < -0.39 is 5.54 Å². The van der Waals surface area contributed by atoms with Crippen LogP contribution in [0.1, 0.15) is 63.4 Å². The van der Waals surface area contributed by atoms with Gasteiger partial charge in [-0.05, 0) is 82.4 Å². The molecule has 4 heterocycles. The number of aromatic nitrogens is 1. The summed E-state index contributed by atoms with van der Waals surface area (Å²) in [5, 5.41) is 1.21. The highest BCUT2D eigenvalue weighted by atomic mass is 16.2. The van der Waals surface area contributed by atoms with Crippen molar-refractivity contribution >= 4 is 22.7 Å². The Hall–Kier alpha value is -2.86. The van der Waals surface area contributed by atoms with Crippen LogP contribution in [0.2, 0.25) is 0 Å². The topological polar surface area (TPSA) is 59.7 Å². The summed E-state index contributed by atoms with van der Waals surface area (Å²) in [4.78, 5) is 37.6. The summed E-state index contributed by atoms with van der Waals surface area (Å²) in [5.74, 6) is 0.392. The normalized spacial score (nSPS) is 23.8. The molecular weight excluding hydrogens is 460 g/mol. The first-order valence-corrected chi connectivity index (χ1v) is 14.4. The molecule has 2 aromatic rings. The van der Waals surface area contributed by atoms with Crippen molar-refractivity contribution in [2.75, 3.05) is 32.7 Å². The fourth-order valence-electron chi connectivity index (χ4n) is 7.08. The molecule has 6 nitrogen and oxygen atoms in total. The number of hydrogen-bond donors (Lipinski definition) is 1. The fourth-order valence-corrected chi connectivity index (χ4v) is 7.08. The third kappa shape index (κ3) is 4.65. The zero-order valence-corrected chi connectivity index (χ0v) is 22.0. The molecule has 0 bridgehead atoms. The molecule has 1 atom stereocenters. The van der Waals surface area contributed by atoms with Gasteiger partial charge in [-0.15, -0.1) is 0 Å². The molecule has 6 rings (SSSR count). The molecule has 1 unspecified atom stereocenters. The van der Waals surface area contributed by atoms with Gasteiger partial charge in [-0.1, -0.05) is 42.0 Å². The van der Waals surface area contributed by atoms with E-state index in [0.29, 0.717) is 6.54 Å². The number of fused-ring (bicyclic) bond motifs is 2. The molecule has 1 N–H and O–H groups in total. The number of unbranched alkanes of at least 4 members (excludes halogenated alkanes) is 1. The molecule has 0 radical (unpaired) electrons. The molecule has 196 valence electrons. The first-order valence-electron chi connectivity index (χ1n) is 14.4. The van der Waals surface area contributed by atoms with Crippen molar-refractivity contribution in [2.24, 2.45) is 0 Å². The number of likely N-dealkylation sites (tertiary alicyclic amines) is 1. The van der Waals surface area contributed by atoms with E-state index in [1.807, 2.05) is 15.9 Å². The van der Waals surface area contributed by atoms with E-state index in [0.717, 1.165) is 63.8 Å². The summed E-state index contributed by atoms with van der Waals surface area (Å²) in [6, 6.07) is 8.08. The van der Waals surface area contributed by atoms with E-state index in [-0.39, 0.29) is 17.9 Å². The predicted octanol–water partition coefficient (Wildman–Crippen LogP) is 4.82. The second-order valence-electron chi connectivity index (χ2n) is 11.3. The van der Waals surface area contributed by atoms with Gasteiger partial charge in [0, 0.05) is 43.3 Å². The van der Waals surface area contributed by atoms with Gasteiger partial charge in [-0.2, -0.15) is 0 Å². The van der Waals surface area contributed by atoms with Crippen molar-refractivity contribution in [1.29, 1.82) is 0 Å². The van der Waals surface area contributed by atoms with Gasteiger partial charge in [0.05, 0.1) is 0 Å². The summed E-state index contributed by atoms with van der Waals surface area (Å²) in [5.41, 5.74) is 3.17. The lowest BCUT2D eigenvalue weighted by atomic mass is 9.80. The van der Waals surface area contributed by atoms with Crippen molar-refractivity contribution in [3.05, 3.63) is 59.8 Å². The molecule has 1 aromatic carbocycles. The number of nitrogens with zero attached hydrogens (tertiary/aromatic N) is 3. The second-order valence-corrected chi connectivity index (χ2v) is 11.3. The third-order valence-corrected chi connectivity index (χ3v) is 9.20. The summed E-state index contributed by atoms with van der Waals surface area (Å²) < 4.78 is 0. The Morgan fingerprint density at radius 2 is 1.84 bits per heavy atom. The number of nitrogens with one attached hydrogen (secondary N) is 1. The van der Waals surface area contributed by atoms with Gasteiger partial charge in [-0.3, -0.25) is 9.59 Å². The summed E-state index contributed by atoms with van der Waals surface area (Å²) in [6.07, 6.45) is 19.0. The number of carbonyl (C=O) groups excluding carboxylic acids is 2. The van der Waals surface area contributed by atoms with Crippen LogP contribution < -0.4 is 0 Å². The number of carbonyl (C=O) groups is 2. The van der Waals surface area contributed by atoms with Crippen molar-refractivity contribution in [2.45, 2.75) is 75.8 Å². The van der Waals surface area contributed by atoms with Crippen LogP contribution in [0.4, 0.5) is 0 Å². The lowest BCUT2D eigenvalue weighted by Gasteiger charge is -2.53. The van der Waals surface area contributed by atoms with E-state index in [2.05, 4.69) is 52.5 Å². The molecular formula is C31H40N4O2. The molecule has 37 heavy (non-hydrogen) atoms. The number of benzene rings is 1. The molecule has 0 saturated carbocycles. The molecule has 1 aliphatic carbocycles. The number of para-hydroxylation sites is 1. The summed E-state index contributed by atoms with van der Waals surface area (Å²) in [7, 11) is 0. The zero-order valence-electron chi connectivity index (χ0n) is 22.0. The van der Waals surface area contributed by atoms with Gasteiger partial charge in [0.1, 0.15) is 11.6 Å². The molecule has 2 amide bonds. The molecule has 4 aliphatic rings. The van der Waals surface area contributed by atoms with Crippen molar-refractivity contribution < 1.29 is 9.59 Å². The number of amides is 2. The lowest BCUT2D eigenvalue weighted by molar-refractivity contribution is -0.172. The van der Waals surface area contributed by atoms with E-state index in [9.17, 15) is 9.59 Å². The Morgan fingerprint density at radius 3 is 2.68 bits per heavy atom. The van der Waals surface area contributed by atoms with Gasteiger partial charge in [0.25, 0.3) is 0 Å². The van der Waals surface area contributed by atoms with Crippen LogP contribution in [0.5, 0.6) is 0 Å². The van der Waals surface area contributed by atoms with Crippen LogP contribution in [-0.4, -0.2) is 75.8 Å². The minimum absolute atomic E-state index is 0.180. The first-order chi connectivity index (χ1) is 18.2.